The molecular formula is C17H21F3N2O2. The van der Waals surface area contributed by atoms with Crippen molar-refractivity contribution in [2.24, 2.45) is 0 Å². The van der Waals surface area contributed by atoms with Gasteiger partial charge in [-0.1, -0.05) is 6.07 Å². The lowest BCUT2D eigenvalue weighted by Crippen LogP contribution is -2.51. The van der Waals surface area contributed by atoms with Crippen molar-refractivity contribution in [3.8, 4) is 0 Å². The fraction of sp³-hybridized carbons (Fsp3) is 0.647. The highest BCUT2D eigenvalue weighted by Gasteiger charge is 2.41. The summed E-state index contributed by atoms with van der Waals surface area (Å²) in [6, 6.07) is 3.19. The Balaban J connectivity index is 1.85. The summed E-state index contributed by atoms with van der Waals surface area (Å²) in [5.41, 5.74) is 1.60. The van der Waals surface area contributed by atoms with Crippen LogP contribution in [0.15, 0.2) is 18.3 Å². The molecule has 2 atom stereocenters. The van der Waals surface area contributed by atoms with E-state index in [-0.39, 0.29) is 6.61 Å². The summed E-state index contributed by atoms with van der Waals surface area (Å²) in [5.74, 6) is -1.05. The molecule has 7 heteroatoms. The van der Waals surface area contributed by atoms with E-state index in [2.05, 4.69) is 4.98 Å². The molecule has 0 spiro atoms. The van der Waals surface area contributed by atoms with E-state index >= 15 is 0 Å². The maximum Gasteiger partial charge on any atom is 0.406 e. The first kappa shape index (κ1) is 17.2. The number of pyridine rings is 1. The van der Waals surface area contributed by atoms with Crippen LogP contribution in [0.3, 0.4) is 0 Å². The van der Waals surface area contributed by atoms with Crippen LogP contribution in [0.25, 0.3) is 0 Å². The average Bonchev–Trinajstić information content (AvgIpc) is 2.58. The van der Waals surface area contributed by atoms with Gasteiger partial charge in [-0.05, 0) is 43.7 Å². The third-order valence-electron chi connectivity index (χ3n) is 4.70. The second-order valence-electron chi connectivity index (χ2n) is 6.44. The number of alkyl halides is 3. The standard InChI is InChI=1S/C17H21F3N2O2/c18-17(19,20)11-22(13-6-3-9-24-10-13)16(23)14-7-1-4-12-5-2-8-21-15(12)14/h2,5,8,13-14H,1,3-4,6-7,9-11H2/t13-,14+/m0/s1. The van der Waals surface area contributed by atoms with E-state index in [1.807, 2.05) is 6.07 Å². The van der Waals surface area contributed by atoms with Crippen molar-refractivity contribution in [1.82, 2.24) is 9.88 Å². The lowest BCUT2D eigenvalue weighted by Gasteiger charge is -2.37. The van der Waals surface area contributed by atoms with Gasteiger partial charge in [-0.2, -0.15) is 13.2 Å². The van der Waals surface area contributed by atoms with Gasteiger partial charge in [-0.15, -0.1) is 0 Å². The first-order valence-corrected chi connectivity index (χ1v) is 8.34. The van der Waals surface area contributed by atoms with E-state index in [0.29, 0.717) is 31.6 Å². The molecule has 1 aliphatic heterocycles. The molecule has 4 nitrogen and oxygen atoms in total. The molecule has 0 saturated carbocycles. The van der Waals surface area contributed by atoms with Gasteiger partial charge >= 0.3 is 6.18 Å². The Morgan fingerprint density at radius 3 is 2.88 bits per heavy atom. The number of hydrogen-bond acceptors (Lipinski definition) is 3. The third-order valence-corrected chi connectivity index (χ3v) is 4.70. The monoisotopic (exact) mass is 342 g/mol. The zero-order valence-electron chi connectivity index (χ0n) is 13.4. The van der Waals surface area contributed by atoms with Crippen molar-refractivity contribution in [2.75, 3.05) is 19.8 Å². The highest BCUT2D eigenvalue weighted by molar-refractivity contribution is 5.84. The van der Waals surface area contributed by atoms with E-state index in [1.165, 1.54) is 0 Å². The minimum absolute atomic E-state index is 0.170. The normalized spacial score (nSPS) is 24.3. The van der Waals surface area contributed by atoms with Crippen LogP contribution in [0.5, 0.6) is 0 Å². The van der Waals surface area contributed by atoms with Crippen LogP contribution < -0.4 is 0 Å². The first-order valence-electron chi connectivity index (χ1n) is 8.34. The van der Waals surface area contributed by atoms with Gasteiger partial charge in [0.05, 0.1) is 24.3 Å². The lowest BCUT2D eigenvalue weighted by molar-refractivity contribution is -0.171. The highest BCUT2D eigenvalue weighted by Crippen LogP contribution is 2.33. The number of ether oxygens (including phenoxy) is 1. The van der Waals surface area contributed by atoms with Crippen molar-refractivity contribution in [3.05, 3.63) is 29.6 Å². The SMILES string of the molecule is O=C([C@@H]1CCCc2cccnc21)N(CC(F)(F)F)[C@H]1CCCOC1. The van der Waals surface area contributed by atoms with Crippen LogP contribution in [0, 0.1) is 0 Å². The minimum atomic E-state index is -4.42. The quantitative estimate of drug-likeness (QED) is 0.848. The topological polar surface area (TPSA) is 42.4 Å². The second kappa shape index (κ2) is 7.09. The van der Waals surface area contributed by atoms with Crippen LogP contribution in [-0.2, 0) is 16.0 Å². The summed E-state index contributed by atoms with van der Waals surface area (Å²) in [4.78, 5) is 18.2. The van der Waals surface area contributed by atoms with Crippen molar-refractivity contribution in [1.29, 1.82) is 0 Å². The molecule has 2 heterocycles. The summed E-state index contributed by atoms with van der Waals surface area (Å²) in [7, 11) is 0. The van der Waals surface area contributed by atoms with Gasteiger partial charge in [0.15, 0.2) is 0 Å². The molecule has 0 radical (unpaired) electrons. The van der Waals surface area contributed by atoms with Gasteiger partial charge in [-0.3, -0.25) is 9.78 Å². The van der Waals surface area contributed by atoms with Gasteiger partial charge < -0.3 is 9.64 Å². The smallest absolute Gasteiger partial charge is 0.379 e. The maximum absolute atomic E-state index is 13.0. The van der Waals surface area contributed by atoms with Crippen LogP contribution in [0.4, 0.5) is 13.2 Å². The molecule has 132 valence electrons. The number of rotatable bonds is 3. The van der Waals surface area contributed by atoms with E-state index in [9.17, 15) is 18.0 Å². The molecule has 2 aliphatic rings. The Kier molecular flexibility index (Phi) is 5.08. The molecule has 0 aromatic carbocycles. The zero-order chi connectivity index (χ0) is 17.2. The Bertz CT molecular complexity index is 585. The lowest BCUT2D eigenvalue weighted by atomic mass is 9.85. The molecular weight excluding hydrogens is 321 g/mol. The zero-order valence-corrected chi connectivity index (χ0v) is 13.4. The molecule has 24 heavy (non-hydrogen) atoms. The van der Waals surface area contributed by atoms with Gasteiger partial charge in [0.25, 0.3) is 0 Å². The van der Waals surface area contributed by atoms with E-state index in [1.54, 1.807) is 12.3 Å². The fourth-order valence-corrected chi connectivity index (χ4v) is 3.60. The first-order chi connectivity index (χ1) is 11.5. The molecule has 1 saturated heterocycles. The van der Waals surface area contributed by atoms with Crippen LogP contribution in [0.1, 0.15) is 42.9 Å². The molecule has 3 rings (SSSR count). The number of nitrogens with zero attached hydrogens (tertiary/aromatic N) is 2. The maximum atomic E-state index is 13.0. The summed E-state index contributed by atoms with van der Waals surface area (Å²) < 4.78 is 44.4. The van der Waals surface area contributed by atoms with Crippen LogP contribution in [0.2, 0.25) is 0 Å². The Morgan fingerprint density at radius 1 is 1.33 bits per heavy atom. The molecule has 1 aromatic heterocycles. The Morgan fingerprint density at radius 2 is 2.17 bits per heavy atom. The highest BCUT2D eigenvalue weighted by atomic mass is 19.4. The van der Waals surface area contributed by atoms with Crippen molar-refractivity contribution in [3.63, 3.8) is 0 Å². The van der Waals surface area contributed by atoms with Crippen LogP contribution in [-0.4, -0.2) is 47.8 Å². The summed E-state index contributed by atoms with van der Waals surface area (Å²) in [6.07, 6.45) is 0.548. The number of aryl methyl sites for hydroxylation is 1. The Hall–Kier alpha value is -1.63. The molecule has 1 aromatic rings. The minimum Gasteiger partial charge on any atom is -0.379 e. The fourth-order valence-electron chi connectivity index (χ4n) is 3.60. The van der Waals surface area contributed by atoms with Crippen molar-refractivity contribution < 1.29 is 22.7 Å². The summed E-state index contributed by atoms with van der Waals surface area (Å²) >= 11 is 0. The number of aromatic nitrogens is 1. The summed E-state index contributed by atoms with van der Waals surface area (Å²) in [6.45, 7) is -0.513. The van der Waals surface area contributed by atoms with E-state index < -0.39 is 30.6 Å². The molecule has 1 fully saturated rings. The van der Waals surface area contributed by atoms with Gasteiger partial charge in [-0.25, -0.2) is 0 Å². The molecule has 0 bridgehead atoms. The largest absolute Gasteiger partial charge is 0.406 e. The van der Waals surface area contributed by atoms with E-state index in [4.69, 9.17) is 4.74 Å². The van der Waals surface area contributed by atoms with Crippen molar-refractivity contribution >= 4 is 5.91 Å². The number of halogens is 3. The number of carbonyl (C=O) groups excluding carboxylic acids is 1. The molecule has 0 unspecified atom stereocenters. The second-order valence-corrected chi connectivity index (χ2v) is 6.44. The predicted octanol–water partition coefficient (Wildman–Crippen LogP) is 3.07. The number of amides is 1. The summed E-state index contributed by atoms with van der Waals surface area (Å²) in [5, 5.41) is 0. The van der Waals surface area contributed by atoms with Gasteiger partial charge in [0.2, 0.25) is 5.91 Å². The van der Waals surface area contributed by atoms with Crippen LogP contribution >= 0.6 is 0 Å². The van der Waals surface area contributed by atoms with Gasteiger partial charge in [0, 0.05) is 12.8 Å². The number of fused-ring (bicyclic) bond motifs is 1. The predicted molar refractivity (Wildman–Crippen MR) is 81.5 cm³/mol. The average molecular weight is 342 g/mol. The van der Waals surface area contributed by atoms with Crippen molar-refractivity contribution in [2.45, 2.75) is 50.2 Å². The van der Waals surface area contributed by atoms with Gasteiger partial charge in [0.1, 0.15) is 6.54 Å². The Labute approximate surface area is 139 Å². The van der Waals surface area contributed by atoms with E-state index in [0.717, 1.165) is 23.3 Å². The molecule has 1 aliphatic carbocycles. The third kappa shape index (κ3) is 3.88. The molecule has 0 N–H and O–H groups in total. The number of carbonyl (C=O) groups is 1. The number of hydrogen-bond donors (Lipinski definition) is 0. The molecule has 1 amide bonds.